The van der Waals surface area contributed by atoms with Crippen LogP contribution < -0.4 is 5.32 Å². The number of benzene rings is 1. The van der Waals surface area contributed by atoms with Crippen LogP contribution in [-0.2, 0) is 0 Å². The topological polar surface area (TPSA) is 71.3 Å². The van der Waals surface area contributed by atoms with Gasteiger partial charge in [0, 0.05) is 12.1 Å². The van der Waals surface area contributed by atoms with Crippen molar-refractivity contribution in [1.29, 1.82) is 0 Å². The lowest BCUT2D eigenvalue weighted by Gasteiger charge is -2.19. The molecule has 1 fully saturated rings. The van der Waals surface area contributed by atoms with Crippen LogP contribution in [0.15, 0.2) is 40.9 Å². The van der Waals surface area contributed by atoms with Gasteiger partial charge in [-0.25, -0.2) is 0 Å². The Morgan fingerprint density at radius 2 is 1.87 bits per heavy atom. The summed E-state index contributed by atoms with van der Waals surface area (Å²) in [6, 6.07) is 11.7. The Labute approximate surface area is 181 Å². The smallest absolute Gasteiger partial charge is 0.261 e. The lowest BCUT2D eigenvalue weighted by molar-refractivity contribution is 0.0955. The summed E-state index contributed by atoms with van der Waals surface area (Å²) < 4.78 is 5.40. The first-order valence-corrected chi connectivity index (χ1v) is 11.5. The van der Waals surface area contributed by atoms with E-state index in [2.05, 4.69) is 20.4 Å². The lowest BCUT2D eigenvalue weighted by atomic mass is 10.1. The third kappa shape index (κ3) is 5.34. The average molecular weight is 425 g/mol. The first-order chi connectivity index (χ1) is 14.7. The number of aryl methyl sites for hydroxylation is 1. The van der Waals surface area contributed by atoms with Gasteiger partial charge in [0.25, 0.3) is 11.8 Å². The van der Waals surface area contributed by atoms with Gasteiger partial charge in [-0.15, -0.1) is 11.3 Å². The number of carbonyl (C=O) groups is 1. The molecule has 0 aliphatic carbocycles. The normalized spacial score (nSPS) is 15.1. The first-order valence-electron chi connectivity index (χ1n) is 10.7. The van der Waals surface area contributed by atoms with Crippen LogP contribution in [0, 0.1) is 6.92 Å². The van der Waals surface area contributed by atoms with E-state index >= 15 is 0 Å². The van der Waals surface area contributed by atoms with Crippen molar-refractivity contribution in [1.82, 2.24) is 20.4 Å². The van der Waals surface area contributed by atoms with Gasteiger partial charge in [0.15, 0.2) is 0 Å². The summed E-state index contributed by atoms with van der Waals surface area (Å²) in [6.07, 6.45) is 6.27. The zero-order valence-electron chi connectivity index (χ0n) is 17.4. The summed E-state index contributed by atoms with van der Waals surface area (Å²) in [7, 11) is 0. The van der Waals surface area contributed by atoms with Crippen molar-refractivity contribution in [3.8, 4) is 22.2 Å². The van der Waals surface area contributed by atoms with E-state index in [1.165, 1.54) is 55.7 Å². The van der Waals surface area contributed by atoms with E-state index in [1.807, 2.05) is 43.3 Å². The number of hydrogen-bond donors (Lipinski definition) is 1. The quantitative estimate of drug-likeness (QED) is 0.553. The molecule has 0 atom stereocenters. The van der Waals surface area contributed by atoms with Gasteiger partial charge in [-0.05, 0) is 70.1 Å². The molecule has 6 nitrogen and oxygen atoms in total. The predicted octanol–water partition coefficient (Wildman–Crippen LogP) is 4.77. The molecule has 1 amide bonds. The maximum Gasteiger partial charge on any atom is 0.261 e. The fraction of sp³-hybridized carbons (Fsp3) is 0.435. The van der Waals surface area contributed by atoms with Crippen molar-refractivity contribution in [2.45, 2.75) is 39.0 Å². The Morgan fingerprint density at radius 3 is 2.63 bits per heavy atom. The summed E-state index contributed by atoms with van der Waals surface area (Å²) in [6.45, 7) is 6.17. The monoisotopic (exact) mass is 424 g/mol. The van der Waals surface area contributed by atoms with E-state index in [1.54, 1.807) is 0 Å². The molecule has 0 unspecified atom stereocenters. The van der Waals surface area contributed by atoms with Crippen LogP contribution >= 0.6 is 11.3 Å². The molecule has 0 spiro atoms. The van der Waals surface area contributed by atoms with Crippen LogP contribution in [0.5, 0.6) is 0 Å². The van der Waals surface area contributed by atoms with Gasteiger partial charge >= 0.3 is 0 Å². The minimum Gasteiger partial charge on any atom is -0.351 e. The van der Waals surface area contributed by atoms with Crippen molar-refractivity contribution < 1.29 is 9.32 Å². The largest absolute Gasteiger partial charge is 0.351 e. The van der Waals surface area contributed by atoms with Crippen LogP contribution in [-0.4, -0.2) is 47.1 Å². The molecular weight excluding hydrogens is 396 g/mol. The molecule has 1 aliphatic rings. The number of hydrogen-bond acceptors (Lipinski definition) is 6. The van der Waals surface area contributed by atoms with Gasteiger partial charge in [-0.2, -0.15) is 4.98 Å². The molecule has 3 aromatic rings. The highest BCUT2D eigenvalue weighted by Gasteiger charge is 2.15. The van der Waals surface area contributed by atoms with E-state index in [0.717, 1.165) is 23.4 Å². The molecule has 3 heterocycles. The van der Waals surface area contributed by atoms with Crippen LogP contribution in [0.25, 0.3) is 22.2 Å². The molecule has 1 aromatic carbocycles. The number of amides is 1. The number of aromatic nitrogens is 2. The van der Waals surface area contributed by atoms with Gasteiger partial charge in [0.05, 0.1) is 9.75 Å². The van der Waals surface area contributed by atoms with Crippen molar-refractivity contribution in [3.05, 3.63) is 46.8 Å². The zero-order chi connectivity index (χ0) is 20.8. The average Bonchev–Trinajstić information content (AvgIpc) is 3.37. The molecule has 1 aliphatic heterocycles. The summed E-state index contributed by atoms with van der Waals surface area (Å²) in [4.78, 5) is 21.0. The van der Waals surface area contributed by atoms with Crippen molar-refractivity contribution in [2.75, 3.05) is 26.2 Å². The first kappa shape index (κ1) is 20.8. The minimum absolute atomic E-state index is 0.0376. The van der Waals surface area contributed by atoms with Crippen molar-refractivity contribution in [2.24, 2.45) is 0 Å². The highest BCUT2D eigenvalue weighted by Crippen LogP contribution is 2.28. The molecule has 7 heteroatoms. The Kier molecular flexibility index (Phi) is 6.92. The molecule has 0 saturated carbocycles. The van der Waals surface area contributed by atoms with E-state index < -0.39 is 0 Å². The van der Waals surface area contributed by atoms with Gasteiger partial charge in [0.2, 0.25) is 5.82 Å². The Bertz CT molecular complexity index is 956. The Hall–Kier alpha value is -2.51. The van der Waals surface area contributed by atoms with Gasteiger partial charge < -0.3 is 14.7 Å². The van der Waals surface area contributed by atoms with Crippen molar-refractivity contribution in [3.63, 3.8) is 0 Å². The molecule has 0 bridgehead atoms. The molecule has 1 saturated heterocycles. The van der Waals surface area contributed by atoms with Gasteiger partial charge in [-0.1, -0.05) is 35.7 Å². The van der Waals surface area contributed by atoms with Gasteiger partial charge in [0.1, 0.15) is 0 Å². The summed E-state index contributed by atoms with van der Waals surface area (Å²) in [5, 5.41) is 7.12. The zero-order valence-corrected chi connectivity index (χ0v) is 18.2. The molecule has 0 radical (unpaired) electrons. The Morgan fingerprint density at radius 1 is 1.10 bits per heavy atom. The molecule has 30 heavy (non-hydrogen) atoms. The highest BCUT2D eigenvalue weighted by atomic mass is 32.1. The van der Waals surface area contributed by atoms with E-state index in [-0.39, 0.29) is 5.91 Å². The molecule has 4 rings (SSSR count). The van der Waals surface area contributed by atoms with E-state index in [0.29, 0.717) is 23.1 Å². The van der Waals surface area contributed by atoms with Crippen molar-refractivity contribution >= 4 is 17.2 Å². The highest BCUT2D eigenvalue weighted by molar-refractivity contribution is 7.17. The number of nitrogens with one attached hydrogen (secondary N) is 1. The number of thiophene rings is 1. The third-order valence-corrected chi connectivity index (χ3v) is 6.49. The second-order valence-corrected chi connectivity index (χ2v) is 8.90. The van der Waals surface area contributed by atoms with Gasteiger partial charge in [-0.3, -0.25) is 4.79 Å². The summed E-state index contributed by atoms with van der Waals surface area (Å²) in [5.41, 5.74) is 2.07. The summed E-state index contributed by atoms with van der Waals surface area (Å²) >= 11 is 1.39. The molecular formula is C23H28N4O2S. The molecule has 158 valence electrons. The van der Waals surface area contributed by atoms with E-state index in [4.69, 9.17) is 4.52 Å². The van der Waals surface area contributed by atoms with Crippen LogP contribution in [0.1, 0.15) is 47.3 Å². The standard InChI is InChI=1S/C23H28N4O2S/c1-17-7-9-18(10-8-17)23-25-21(26-29-23)19-11-12-20(30-19)22(28)24-13-6-16-27-14-4-2-3-5-15-27/h7-12H,2-6,13-16H2,1H3,(H,24,28). The SMILES string of the molecule is Cc1ccc(-c2nc(-c3ccc(C(=O)NCCCN4CCCCCC4)s3)no2)cc1. The maximum absolute atomic E-state index is 12.5. The lowest BCUT2D eigenvalue weighted by Crippen LogP contribution is -2.30. The fourth-order valence-corrected chi connectivity index (χ4v) is 4.52. The summed E-state index contributed by atoms with van der Waals surface area (Å²) in [5.74, 6) is 0.957. The second-order valence-electron chi connectivity index (χ2n) is 7.82. The van der Waals surface area contributed by atoms with Crippen LogP contribution in [0.2, 0.25) is 0 Å². The number of nitrogens with zero attached hydrogens (tertiary/aromatic N) is 3. The second kappa shape index (κ2) is 10.00. The number of likely N-dealkylation sites (tertiary alicyclic amines) is 1. The number of carbonyl (C=O) groups excluding carboxylic acids is 1. The number of rotatable bonds is 7. The predicted molar refractivity (Wildman–Crippen MR) is 120 cm³/mol. The molecule has 1 N–H and O–H groups in total. The Balaban J connectivity index is 1.29. The maximum atomic E-state index is 12.5. The molecule has 2 aromatic heterocycles. The van der Waals surface area contributed by atoms with Crippen LogP contribution in [0.3, 0.4) is 0 Å². The van der Waals surface area contributed by atoms with E-state index in [9.17, 15) is 4.79 Å². The minimum atomic E-state index is -0.0376. The fourth-order valence-electron chi connectivity index (χ4n) is 3.67. The van der Waals surface area contributed by atoms with Crippen LogP contribution in [0.4, 0.5) is 0 Å². The third-order valence-electron chi connectivity index (χ3n) is 5.41.